The highest BCUT2D eigenvalue weighted by Gasteiger charge is 2.61. The number of hydrogen-bond donors (Lipinski definition) is 4. The van der Waals surface area contributed by atoms with Crippen molar-refractivity contribution in [2.24, 2.45) is 34.5 Å². The van der Waals surface area contributed by atoms with Gasteiger partial charge in [-0.2, -0.15) is 0 Å². The molecule has 5 heteroatoms. The summed E-state index contributed by atoms with van der Waals surface area (Å²) >= 11 is 0. The molecule has 0 aromatic carbocycles. The third-order valence-corrected chi connectivity index (χ3v) is 9.17. The summed E-state index contributed by atoms with van der Waals surface area (Å²) in [5, 5.41) is 41.7. The maximum Gasteiger partial charge on any atom is 0.303 e. The summed E-state index contributed by atoms with van der Waals surface area (Å²) in [5.41, 5.74) is 1.76. The predicted octanol–water partition coefficient (Wildman–Crippen LogP) is 3.29. The molecule has 0 radical (unpaired) electrons. The fourth-order valence-electron chi connectivity index (χ4n) is 7.45. The molecular formula is C24H36O5. The standard InChI is InChI=1S/C24H36O5/c1-13(4-7-21(28)29)16-5-6-17-22-18(12-20(27)24(16,17)3)23(2)9-8-15(25)10-14(23)11-19(22)26/h11-13,15-17,19-20,22,25-27H,4-10H2,1-3H3,(H,28,29)/t13-,15-,16+,17-,19-,20-,22-,23+,24-/m1/s1. The smallest absolute Gasteiger partial charge is 0.303 e. The third-order valence-electron chi connectivity index (χ3n) is 9.17. The number of hydrogen-bond acceptors (Lipinski definition) is 4. The van der Waals surface area contributed by atoms with Crippen molar-refractivity contribution < 1.29 is 25.2 Å². The Morgan fingerprint density at radius 1 is 1.17 bits per heavy atom. The summed E-state index contributed by atoms with van der Waals surface area (Å²) in [4.78, 5) is 11.1. The van der Waals surface area contributed by atoms with E-state index in [1.807, 2.05) is 12.2 Å². The highest BCUT2D eigenvalue weighted by Crippen LogP contribution is 2.65. The van der Waals surface area contributed by atoms with E-state index in [9.17, 15) is 20.1 Å². The van der Waals surface area contributed by atoms with Gasteiger partial charge in [-0.1, -0.05) is 44.1 Å². The van der Waals surface area contributed by atoms with Gasteiger partial charge in [0.05, 0.1) is 18.3 Å². The van der Waals surface area contributed by atoms with Crippen LogP contribution in [0.25, 0.3) is 0 Å². The Labute approximate surface area is 173 Å². The summed E-state index contributed by atoms with van der Waals surface area (Å²) in [6.45, 7) is 6.49. The van der Waals surface area contributed by atoms with Gasteiger partial charge >= 0.3 is 5.97 Å². The summed E-state index contributed by atoms with van der Waals surface area (Å²) in [6, 6.07) is 0. The fraction of sp³-hybridized carbons (Fsp3) is 0.792. The molecule has 4 N–H and O–H groups in total. The molecule has 0 aromatic heterocycles. The van der Waals surface area contributed by atoms with E-state index in [1.165, 1.54) is 5.57 Å². The van der Waals surface area contributed by atoms with Crippen molar-refractivity contribution in [3.63, 3.8) is 0 Å². The number of carbonyl (C=O) groups is 1. The van der Waals surface area contributed by atoms with Crippen LogP contribution < -0.4 is 0 Å². The van der Waals surface area contributed by atoms with Gasteiger partial charge < -0.3 is 20.4 Å². The number of aliphatic hydroxyl groups excluding tert-OH is 3. The molecule has 4 aliphatic carbocycles. The van der Waals surface area contributed by atoms with Crippen molar-refractivity contribution in [2.45, 2.75) is 84.0 Å². The number of fused-ring (bicyclic) bond motifs is 5. The monoisotopic (exact) mass is 404 g/mol. The van der Waals surface area contributed by atoms with Crippen LogP contribution in [0.1, 0.15) is 65.7 Å². The first-order valence-electron chi connectivity index (χ1n) is 11.3. The molecule has 4 rings (SSSR count). The second-order valence-corrected chi connectivity index (χ2v) is 10.6. The molecule has 0 aliphatic heterocycles. The average Bonchev–Trinajstić information content (AvgIpc) is 3.01. The molecule has 29 heavy (non-hydrogen) atoms. The highest BCUT2D eigenvalue weighted by atomic mass is 16.4. The Morgan fingerprint density at radius 3 is 2.59 bits per heavy atom. The summed E-state index contributed by atoms with van der Waals surface area (Å²) in [6.07, 6.45) is 7.41. The Balaban J connectivity index is 1.69. The lowest BCUT2D eigenvalue weighted by Crippen LogP contribution is -2.54. The zero-order valence-electron chi connectivity index (χ0n) is 17.8. The molecule has 9 atom stereocenters. The zero-order chi connectivity index (χ0) is 21.1. The van der Waals surface area contributed by atoms with Gasteiger partial charge in [-0.25, -0.2) is 0 Å². The molecule has 2 saturated carbocycles. The van der Waals surface area contributed by atoms with Gasteiger partial charge in [0.2, 0.25) is 0 Å². The van der Waals surface area contributed by atoms with E-state index >= 15 is 0 Å². The van der Waals surface area contributed by atoms with Gasteiger partial charge in [-0.15, -0.1) is 0 Å². The van der Waals surface area contributed by atoms with Crippen LogP contribution in [-0.4, -0.2) is 44.7 Å². The van der Waals surface area contributed by atoms with E-state index in [1.54, 1.807) is 0 Å². The van der Waals surface area contributed by atoms with Crippen LogP contribution in [0.4, 0.5) is 0 Å². The van der Waals surface area contributed by atoms with E-state index in [4.69, 9.17) is 5.11 Å². The lowest BCUT2D eigenvalue weighted by Gasteiger charge is -2.56. The van der Waals surface area contributed by atoms with Gasteiger partial charge in [-0.05, 0) is 56.3 Å². The molecule has 4 aliphatic rings. The zero-order valence-corrected chi connectivity index (χ0v) is 17.8. The lowest BCUT2D eigenvalue weighted by molar-refractivity contribution is -0.137. The minimum Gasteiger partial charge on any atom is -0.481 e. The molecule has 0 spiro atoms. The number of aliphatic hydroxyl groups is 3. The van der Waals surface area contributed by atoms with Crippen molar-refractivity contribution in [3.05, 3.63) is 23.3 Å². The first-order valence-corrected chi connectivity index (χ1v) is 11.3. The van der Waals surface area contributed by atoms with Gasteiger partial charge in [-0.3, -0.25) is 4.79 Å². The average molecular weight is 405 g/mol. The molecule has 0 saturated heterocycles. The van der Waals surface area contributed by atoms with Crippen LogP contribution >= 0.6 is 0 Å². The quantitative estimate of drug-likeness (QED) is 0.539. The van der Waals surface area contributed by atoms with Crippen LogP contribution in [0.15, 0.2) is 23.3 Å². The Morgan fingerprint density at radius 2 is 1.90 bits per heavy atom. The van der Waals surface area contributed by atoms with E-state index in [2.05, 4.69) is 20.8 Å². The SMILES string of the molecule is C[C@H](CCC(=O)O)[C@@H]1CC[C@@H]2[C@@H]3C(=C[C@@H](O)[C@@]21C)[C@@]1(C)CC[C@@H](O)CC1=C[C@H]3O. The molecule has 5 nitrogen and oxygen atoms in total. The molecule has 0 aromatic rings. The first kappa shape index (κ1) is 21.1. The Kier molecular flexibility index (Phi) is 5.24. The lowest BCUT2D eigenvalue weighted by atomic mass is 9.50. The maximum atomic E-state index is 11.4. The van der Waals surface area contributed by atoms with Gasteiger partial charge in [0.15, 0.2) is 0 Å². The van der Waals surface area contributed by atoms with Crippen LogP contribution in [0.5, 0.6) is 0 Å². The van der Waals surface area contributed by atoms with Crippen molar-refractivity contribution in [2.75, 3.05) is 0 Å². The summed E-state index contributed by atoms with van der Waals surface area (Å²) in [5.74, 6) is -0.109. The predicted molar refractivity (Wildman–Crippen MR) is 110 cm³/mol. The van der Waals surface area contributed by atoms with Crippen molar-refractivity contribution in [1.29, 1.82) is 0 Å². The van der Waals surface area contributed by atoms with Crippen LogP contribution in [0, 0.1) is 34.5 Å². The Bertz CT molecular complexity index is 742. The molecule has 0 heterocycles. The minimum absolute atomic E-state index is 0.00377. The second-order valence-electron chi connectivity index (χ2n) is 10.6. The van der Waals surface area contributed by atoms with Crippen LogP contribution in [0.3, 0.4) is 0 Å². The summed E-state index contributed by atoms with van der Waals surface area (Å²) in [7, 11) is 0. The topological polar surface area (TPSA) is 98.0 Å². The van der Waals surface area contributed by atoms with Gasteiger partial charge in [0.25, 0.3) is 0 Å². The normalized spacial score (nSPS) is 47.4. The van der Waals surface area contributed by atoms with E-state index < -0.39 is 18.2 Å². The van der Waals surface area contributed by atoms with Crippen LogP contribution in [-0.2, 0) is 4.79 Å². The highest BCUT2D eigenvalue weighted by molar-refractivity contribution is 5.66. The molecule has 0 bridgehead atoms. The van der Waals surface area contributed by atoms with Crippen molar-refractivity contribution >= 4 is 5.97 Å². The van der Waals surface area contributed by atoms with Crippen molar-refractivity contribution in [3.8, 4) is 0 Å². The summed E-state index contributed by atoms with van der Waals surface area (Å²) < 4.78 is 0. The van der Waals surface area contributed by atoms with Crippen LogP contribution in [0.2, 0.25) is 0 Å². The second kappa shape index (κ2) is 7.21. The number of carboxylic acid groups (broad SMARTS) is 1. The van der Waals surface area contributed by atoms with Crippen molar-refractivity contribution in [1.82, 2.24) is 0 Å². The van der Waals surface area contributed by atoms with Gasteiger partial charge in [0.1, 0.15) is 0 Å². The maximum absolute atomic E-state index is 11.4. The Hall–Kier alpha value is -1.17. The minimum atomic E-state index is -0.768. The van der Waals surface area contributed by atoms with E-state index in [0.29, 0.717) is 12.8 Å². The molecule has 0 amide bonds. The number of rotatable bonds is 4. The number of aliphatic carboxylic acids is 1. The fourth-order valence-corrected chi connectivity index (χ4v) is 7.45. The van der Waals surface area contributed by atoms with Gasteiger partial charge in [0, 0.05) is 23.2 Å². The van der Waals surface area contributed by atoms with E-state index in [-0.39, 0.29) is 47.0 Å². The molecule has 0 unspecified atom stereocenters. The van der Waals surface area contributed by atoms with E-state index in [0.717, 1.165) is 31.3 Å². The molecule has 162 valence electrons. The first-order chi connectivity index (χ1) is 13.6. The molecular weight excluding hydrogens is 368 g/mol. The number of carboxylic acids is 1. The molecule has 2 fully saturated rings. The third kappa shape index (κ3) is 3.12. The largest absolute Gasteiger partial charge is 0.481 e.